The van der Waals surface area contributed by atoms with Crippen molar-refractivity contribution in [3.05, 3.63) is 59.4 Å². The Bertz CT molecular complexity index is 1060. The first-order valence-corrected chi connectivity index (χ1v) is 10.3. The SMILES string of the molecule is Cc1ccc(N2CCN(C)CC2)cc1C(=O)NC1(c2cccc3[nH]cnc23)CC1. The largest absolute Gasteiger partial charge is 0.369 e. The lowest BCUT2D eigenvalue weighted by molar-refractivity contribution is 0.0930. The number of aromatic nitrogens is 2. The van der Waals surface area contributed by atoms with Crippen molar-refractivity contribution in [2.45, 2.75) is 25.3 Å². The highest BCUT2D eigenvalue weighted by atomic mass is 16.1. The van der Waals surface area contributed by atoms with Crippen molar-refractivity contribution in [2.75, 3.05) is 38.1 Å². The van der Waals surface area contributed by atoms with Crippen molar-refractivity contribution in [1.82, 2.24) is 20.2 Å². The molecular weight excluding hydrogens is 362 g/mol. The minimum Gasteiger partial charge on any atom is -0.369 e. The number of nitrogens with one attached hydrogen (secondary N) is 2. The lowest BCUT2D eigenvalue weighted by Crippen LogP contribution is -2.44. The van der Waals surface area contributed by atoms with Gasteiger partial charge in [0.15, 0.2) is 0 Å². The molecule has 1 aliphatic carbocycles. The van der Waals surface area contributed by atoms with Gasteiger partial charge in [-0.05, 0) is 50.6 Å². The van der Waals surface area contributed by atoms with Gasteiger partial charge in [0, 0.05) is 43.0 Å². The fraction of sp³-hybridized carbons (Fsp3) is 0.391. The third kappa shape index (κ3) is 3.27. The second kappa shape index (κ2) is 6.88. The van der Waals surface area contributed by atoms with Crippen LogP contribution in [0.4, 0.5) is 5.69 Å². The molecule has 1 saturated carbocycles. The van der Waals surface area contributed by atoms with Gasteiger partial charge in [-0.3, -0.25) is 4.79 Å². The molecule has 2 fully saturated rings. The summed E-state index contributed by atoms with van der Waals surface area (Å²) >= 11 is 0. The number of imidazole rings is 1. The number of carbonyl (C=O) groups excluding carboxylic acids is 1. The molecule has 1 aliphatic heterocycles. The third-order valence-corrected chi connectivity index (χ3v) is 6.40. The smallest absolute Gasteiger partial charge is 0.252 e. The van der Waals surface area contributed by atoms with E-state index in [1.54, 1.807) is 6.33 Å². The molecule has 0 spiro atoms. The minimum atomic E-state index is -0.304. The minimum absolute atomic E-state index is 0.00326. The van der Waals surface area contributed by atoms with E-state index in [0.717, 1.165) is 72.4 Å². The lowest BCUT2D eigenvalue weighted by atomic mass is 10.0. The van der Waals surface area contributed by atoms with E-state index in [0.29, 0.717) is 0 Å². The average Bonchev–Trinajstić information content (AvgIpc) is 3.33. The molecule has 2 N–H and O–H groups in total. The van der Waals surface area contributed by atoms with Crippen molar-refractivity contribution in [3.63, 3.8) is 0 Å². The molecule has 6 nitrogen and oxygen atoms in total. The third-order valence-electron chi connectivity index (χ3n) is 6.40. The van der Waals surface area contributed by atoms with Crippen LogP contribution in [0.25, 0.3) is 11.0 Å². The molecule has 2 aliphatic rings. The Morgan fingerprint density at radius 1 is 1.14 bits per heavy atom. The van der Waals surface area contributed by atoms with Gasteiger partial charge in [-0.2, -0.15) is 0 Å². The first kappa shape index (κ1) is 18.2. The van der Waals surface area contributed by atoms with Crippen LogP contribution in [0.2, 0.25) is 0 Å². The van der Waals surface area contributed by atoms with Gasteiger partial charge in [0.25, 0.3) is 5.91 Å². The molecule has 0 radical (unpaired) electrons. The fourth-order valence-electron chi connectivity index (χ4n) is 4.34. The van der Waals surface area contributed by atoms with Crippen LogP contribution >= 0.6 is 0 Å². The number of nitrogens with zero attached hydrogens (tertiary/aromatic N) is 3. The van der Waals surface area contributed by atoms with E-state index in [9.17, 15) is 4.79 Å². The molecule has 5 rings (SSSR count). The maximum absolute atomic E-state index is 13.3. The van der Waals surface area contributed by atoms with Crippen LogP contribution in [-0.4, -0.2) is 54.0 Å². The average molecular weight is 390 g/mol. The van der Waals surface area contributed by atoms with Gasteiger partial charge in [0.2, 0.25) is 0 Å². The Morgan fingerprint density at radius 2 is 1.93 bits per heavy atom. The van der Waals surface area contributed by atoms with Crippen LogP contribution in [0.5, 0.6) is 0 Å². The highest BCUT2D eigenvalue weighted by molar-refractivity contribution is 5.98. The number of benzene rings is 2. The van der Waals surface area contributed by atoms with E-state index in [4.69, 9.17) is 0 Å². The summed E-state index contributed by atoms with van der Waals surface area (Å²) in [6.45, 7) is 6.09. The number of anilines is 1. The van der Waals surface area contributed by atoms with E-state index in [1.165, 1.54) is 0 Å². The number of piperazine rings is 1. The van der Waals surface area contributed by atoms with Crippen LogP contribution < -0.4 is 10.2 Å². The van der Waals surface area contributed by atoms with Gasteiger partial charge in [-0.25, -0.2) is 4.98 Å². The van der Waals surface area contributed by atoms with Crippen LogP contribution in [0.1, 0.15) is 34.3 Å². The summed E-state index contributed by atoms with van der Waals surface area (Å²) in [5, 5.41) is 3.34. The summed E-state index contributed by atoms with van der Waals surface area (Å²) < 4.78 is 0. The quantitative estimate of drug-likeness (QED) is 0.720. The van der Waals surface area contributed by atoms with Gasteiger partial charge in [-0.1, -0.05) is 18.2 Å². The molecule has 2 heterocycles. The number of aromatic amines is 1. The monoisotopic (exact) mass is 389 g/mol. The number of H-pyrrole nitrogens is 1. The van der Waals surface area contributed by atoms with Gasteiger partial charge >= 0.3 is 0 Å². The fourth-order valence-corrected chi connectivity index (χ4v) is 4.34. The van der Waals surface area contributed by atoms with E-state index in [1.807, 2.05) is 19.1 Å². The Morgan fingerprint density at radius 3 is 2.69 bits per heavy atom. The molecule has 1 saturated heterocycles. The van der Waals surface area contributed by atoms with E-state index >= 15 is 0 Å². The Labute approximate surface area is 170 Å². The first-order chi connectivity index (χ1) is 14.1. The summed E-state index contributed by atoms with van der Waals surface area (Å²) in [4.78, 5) is 25.7. The number of rotatable bonds is 4. The number of para-hydroxylation sites is 1. The highest BCUT2D eigenvalue weighted by Crippen LogP contribution is 2.47. The summed E-state index contributed by atoms with van der Waals surface area (Å²) in [6, 6.07) is 12.4. The molecule has 1 aromatic heterocycles. The van der Waals surface area contributed by atoms with Crippen LogP contribution in [0, 0.1) is 6.92 Å². The number of hydrogen-bond acceptors (Lipinski definition) is 4. The van der Waals surface area contributed by atoms with Gasteiger partial charge in [0.05, 0.1) is 22.9 Å². The van der Waals surface area contributed by atoms with Crippen LogP contribution in [0.15, 0.2) is 42.7 Å². The Kier molecular flexibility index (Phi) is 4.32. The number of amides is 1. The normalized spacial score (nSPS) is 18.8. The second-order valence-electron chi connectivity index (χ2n) is 8.43. The molecule has 150 valence electrons. The summed E-state index contributed by atoms with van der Waals surface area (Å²) in [7, 11) is 2.15. The molecule has 29 heavy (non-hydrogen) atoms. The molecule has 1 amide bonds. The molecule has 0 unspecified atom stereocenters. The van der Waals surface area contributed by atoms with Crippen LogP contribution in [0.3, 0.4) is 0 Å². The van der Waals surface area contributed by atoms with Gasteiger partial charge in [0.1, 0.15) is 0 Å². The number of hydrogen-bond donors (Lipinski definition) is 2. The zero-order chi connectivity index (χ0) is 20.0. The van der Waals surface area contributed by atoms with Crippen molar-refractivity contribution in [2.24, 2.45) is 0 Å². The number of carbonyl (C=O) groups is 1. The predicted molar refractivity (Wildman–Crippen MR) is 115 cm³/mol. The standard InChI is InChI=1S/C23H27N5O/c1-16-6-7-17(28-12-10-27(2)11-13-28)14-18(16)22(29)26-23(8-9-23)19-4-3-5-20-21(19)25-15-24-20/h3-7,14-15H,8-13H2,1-2H3,(H,24,25)(H,26,29). The summed E-state index contributed by atoms with van der Waals surface area (Å²) in [5.41, 5.74) is 5.67. The highest BCUT2D eigenvalue weighted by Gasteiger charge is 2.47. The number of aryl methyl sites for hydroxylation is 1. The molecule has 3 aromatic rings. The Balaban J connectivity index is 1.41. The maximum atomic E-state index is 13.3. The topological polar surface area (TPSA) is 64.3 Å². The molecule has 2 aromatic carbocycles. The molecule has 0 atom stereocenters. The van der Waals surface area contributed by atoms with E-state index in [-0.39, 0.29) is 11.4 Å². The maximum Gasteiger partial charge on any atom is 0.252 e. The van der Waals surface area contributed by atoms with Crippen molar-refractivity contribution < 1.29 is 4.79 Å². The molecular formula is C23H27N5O. The molecule has 0 bridgehead atoms. The van der Waals surface area contributed by atoms with Crippen molar-refractivity contribution in [1.29, 1.82) is 0 Å². The zero-order valence-corrected chi connectivity index (χ0v) is 17.0. The molecule has 6 heteroatoms. The van der Waals surface area contributed by atoms with E-state index < -0.39 is 0 Å². The number of likely N-dealkylation sites (N-methyl/N-ethyl adjacent to an activating group) is 1. The second-order valence-corrected chi connectivity index (χ2v) is 8.43. The van der Waals surface area contributed by atoms with E-state index in [2.05, 4.69) is 56.4 Å². The summed E-state index contributed by atoms with van der Waals surface area (Å²) in [5.74, 6) is 0.00326. The van der Waals surface area contributed by atoms with Crippen molar-refractivity contribution in [3.8, 4) is 0 Å². The first-order valence-electron chi connectivity index (χ1n) is 10.3. The lowest BCUT2D eigenvalue weighted by Gasteiger charge is -2.34. The van der Waals surface area contributed by atoms with Crippen LogP contribution in [-0.2, 0) is 5.54 Å². The zero-order valence-electron chi connectivity index (χ0n) is 17.0. The predicted octanol–water partition coefficient (Wildman–Crippen LogP) is 3.04. The van der Waals surface area contributed by atoms with Gasteiger partial charge in [-0.15, -0.1) is 0 Å². The summed E-state index contributed by atoms with van der Waals surface area (Å²) in [6.07, 6.45) is 3.61. The Hall–Kier alpha value is -2.86. The number of fused-ring (bicyclic) bond motifs is 1. The van der Waals surface area contributed by atoms with Gasteiger partial charge < -0.3 is 20.1 Å². The van der Waals surface area contributed by atoms with Crippen molar-refractivity contribution >= 4 is 22.6 Å².